The van der Waals surface area contributed by atoms with Gasteiger partial charge >= 0.3 is 0 Å². The zero-order valence-electron chi connectivity index (χ0n) is 28.1. The molecule has 0 atom stereocenters. The van der Waals surface area contributed by atoms with Gasteiger partial charge in [0.1, 0.15) is 11.2 Å². The number of rotatable bonds is 6. The zero-order chi connectivity index (χ0) is 32.3. The molecule has 7 rings (SSSR count). The van der Waals surface area contributed by atoms with Gasteiger partial charge in [-0.05, 0) is 96.8 Å². The minimum atomic E-state index is 0.314. The Morgan fingerprint density at radius 3 is 1.96 bits per heavy atom. The highest BCUT2D eigenvalue weighted by Crippen LogP contribution is 2.41. The average molecular weight is 605 g/mol. The molecule has 0 aliphatic heterocycles. The lowest BCUT2D eigenvalue weighted by atomic mass is 9.88. The maximum atomic E-state index is 6.42. The maximum Gasteiger partial charge on any atom is 0.295 e. The van der Waals surface area contributed by atoms with Crippen molar-refractivity contribution >= 4 is 22.1 Å². The lowest BCUT2D eigenvalue weighted by molar-refractivity contribution is -0.633. The van der Waals surface area contributed by atoms with Gasteiger partial charge in [0.05, 0.1) is 12.6 Å². The minimum Gasteiger partial charge on any atom is -0.436 e. The molecule has 5 aromatic carbocycles. The number of para-hydroxylation sites is 2. The zero-order valence-corrected chi connectivity index (χ0v) is 28.1. The van der Waals surface area contributed by atoms with Crippen LogP contribution in [-0.4, -0.2) is 9.55 Å². The SMILES string of the molecule is Cc1cc2oc(-c3c(C)cccc3C)nc2cc1-c1n(-c2c(C(C)C)cc(-c3ccccc3)cc2C(C)C)c2ccccc2[n+]1C. The highest BCUT2D eigenvalue weighted by Gasteiger charge is 2.32. The molecule has 0 aliphatic carbocycles. The molecule has 0 bridgehead atoms. The molecule has 0 amide bonds. The summed E-state index contributed by atoms with van der Waals surface area (Å²) in [4.78, 5) is 5.07. The number of aromatic nitrogens is 3. The van der Waals surface area contributed by atoms with E-state index in [0.717, 1.165) is 44.7 Å². The fourth-order valence-corrected chi connectivity index (χ4v) is 7.03. The third-order valence-electron chi connectivity index (χ3n) is 9.43. The summed E-state index contributed by atoms with van der Waals surface area (Å²) in [5.41, 5.74) is 16.2. The summed E-state index contributed by atoms with van der Waals surface area (Å²) in [5, 5.41) is 0. The van der Waals surface area contributed by atoms with Gasteiger partial charge in [-0.2, -0.15) is 4.57 Å². The number of hydrogen-bond acceptors (Lipinski definition) is 2. The second kappa shape index (κ2) is 11.4. The highest BCUT2D eigenvalue weighted by molar-refractivity contribution is 5.87. The predicted octanol–water partition coefficient (Wildman–Crippen LogP) is 10.8. The number of imidazole rings is 1. The van der Waals surface area contributed by atoms with Crippen molar-refractivity contribution in [1.82, 2.24) is 9.55 Å². The van der Waals surface area contributed by atoms with Crippen molar-refractivity contribution in [2.75, 3.05) is 0 Å². The number of benzene rings is 5. The van der Waals surface area contributed by atoms with Crippen molar-refractivity contribution in [2.45, 2.75) is 60.3 Å². The van der Waals surface area contributed by atoms with Crippen LogP contribution in [0.25, 0.3) is 61.8 Å². The molecule has 7 aromatic rings. The van der Waals surface area contributed by atoms with Crippen molar-refractivity contribution in [1.29, 1.82) is 0 Å². The fourth-order valence-electron chi connectivity index (χ4n) is 7.03. The molecule has 0 aliphatic rings. The van der Waals surface area contributed by atoms with E-state index in [1.807, 2.05) is 0 Å². The Labute approximate surface area is 272 Å². The van der Waals surface area contributed by atoms with Crippen LogP contribution in [0, 0.1) is 20.8 Å². The first kappa shape index (κ1) is 29.7. The third-order valence-corrected chi connectivity index (χ3v) is 9.43. The standard InChI is InChI=1S/C42H42N3O/c1-25(2)32-22-31(30-17-10-9-11-18-30)23-33(26(3)4)40(32)45-37-20-13-12-19-36(37)44(8)42(45)34-24-35-38(21-29(34)7)46-41(43-35)39-27(5)15-14-16-28(39)6/h9-26H,1-8H3/q+1. The van der Waals surface area contributed by atoms with Crippen molar-refractivity contribution in [3.05, 3.63) is 125 Å². The van der Waals surface area contributed by atoms with Crippen molar-refractivity contribution in [3.63, 3.8) is 0 Å². The molecule has 0 spiro atoms. The predicted molar refractivity (Wildman–Crippen MR) is 191 cm³/mol. The smallest absolute Gasteiger partial charge is 0.295 e. The van der Waals surface area contributed by atoms with Gasteiger partial charge in [-0.1, -0.05) is 88.4 Å². The Morgan fingerprint density at radius 2 is 1.30 bits per heavy atom. The molecule has 0 radical (unpaired) electrons. The average Bonchev–Trinajstić information content (AvgIpc) is 3.57. The summed E-state index contributed by atoms with van der Waals surface area (Å²) < 4.78 is 11.3. The summed E-state index contributed by atoms with van der Waals surface area (Å²) in [7, 11) is 2.19. The third kappa shape index (κ3) is 4.84. The van der Waals surface area contributed by atoms with Crippen LogP contribution in [0.5, 0.6) is 0 Å². The van der Waals surface area contributed by atoms with Crippen LogP contribution in [0.15, 0.2) is 101 Å². The lowest BCUT2D eigenvalue weighted by Gasteiger charge is -2.21. The van der Waals surface area contributed by atoms with Crippen molar-refractivity contribution < 1.29 is 8.98 Å². The van der Waals surface area contributed by atoms with Gasteiger partial charge in [0.25, 0.3) is 5.82 Å². The van der Waals surface area contributed by atoms with Gasteiger partial charge in [0.2, 0.25) is 5.89 Å². The summed E-state index contributed by atoms with van der Waals surface area (Å²) >= 11 is 0. The topological polar surface area (TPSA) is 34.8 Å². The molecule has 46 heavy (non-hydrogen) atoms. The molecule has 2 aromatic heterocycles. The first-order chi connectivity index (χ1) is 22.1. The second-order valence-corrected chi connectivity index (χ2v) is 13.3. The van der Waals surface area contributed by atoms with Gasteiger partial charge in [-0.3, -0.25) is 0 Å². The molecule has 2 heterocycles. The van der Waals surface area contributed by atoms with Gasteiger partial charge in [0, 0.05) is 16.7 Å². The molecule has 0 N–H and O–H groups in total. The van der Waals surface area contributed by atoms with E-state index in [0.29, 0.717) is 17.7 Å². The number of nitrogens with zero attached hydrogens (tertiary/aromatic N) is 3. The number of aryl methyl sites for hydroxylation is 4. The fraction of sp³-hybridized carbons (Fsp3) is 0.238. The Bertz CT molecular complexity index is 2200. The normalized spacial score (nSPS) is 11.9. The molecule has 0 fully saturated rings. The molecule has 0 saturated carbocycles. The lowest BCUT2D eigenvalue weighted by Crippen LogP contribution is -2.30. The number of oxazole rings is 1. The van der Waals surface area contributed by atoms with E-state index >= 15 is 0 Å². The second-order valence-electron chi connectivity index (χ2n) is 13.3. The van der Waals surface area contributed by atoms with E-state index in [2.05, 4.69) is 162 Å². The largest absolute Gasteiger partial charge is 0.436 e. The van der Waals surface area contributed by atoms with Crippen LogP contribution in [0.2, 0.25) is 0 Å². The monoisotopic (exact) mass is 604 g/mol. The van der Waals surface area contributed by atoms with Crippen LogP contribution < -0.4 is 4.57 Å². The molecule has 0 saturated heterocycles. The Hall–Kier alpha value is -4.96. The van der Waals surface area contributed by atoms with Crippen LogP contribution in [0.4, 0.5) is 0 Å². The van der Waals surface area contributed by atoms with E-state index in [1.165, 1.54) is 39.0 Å². The van der Waals surface area contributed by atoms with Crippen LogP contribution in [0.3, 0.4) is 0 Å². The summed E-state index contributed by atoms with van der Waals surface area (Å²) in [5.74, 6) is 2.44. The first-order valence-electron chi connectivity index (χ1n) is 16.3. The quantitative estimate of drug-likeness (QED) is 0.177. The Kier molecular flexibility index (Phi) is 7.39. The number of fused-ring (bicyclic) bond motifs is 2. The number of hydrogen-bond donors (Lipinski definition) is 0. The van der Waals surface area contributed by atoms with E-state index in [9.17, 15) is 0 Å². The molecule has 230 valence electrons. The van der Waals surface area contributed by atoms with E-state index in [4.69, 9.17) is 9.40 Å². The Morgan fingerprint density at radius 1 is 0.674 bits per heavy atom. The molecular formula is C42H42N3O+. The molecule has 0 unspecified atom stereocenters. The van der Waals surface area contributed by atoms with Gasteiger partial charge in [-0.25, -0.2) is 9.55 Å². The molecule has 4 heteroatoms. The van der Waals surface area contributed by atoms with E-state index < -0.39 is 0 Å². The summed E-state index contributed by atoms with van der Waals surface area (Å²) in [6.07, 6.45) is 0. The van der Waals surface area contributed by atoms with Crippen LogP contribution >= 0.6 is 0 Å². The van der Waals surface area contributed by atoms with Gasteiger partial charge in [0.15, 0.2) is 16.6 Å². The van der Waals surface area contributed by atoms with Crippen molar-refractivity contribution in [2.24, 2.45) is 7.05 Å². The van der Waals surface area contributed by atoms with E-state index in [1.54, 1.807) is 0 Å². The molecular weight excluding hydrogens is 562 g/mol. The van der Waals surface area contributed by atoms with Crippen LogP contribution in [-0.2, 0) is 7.05 Å². The highest BCUT2D eigenvalue weighted by atomic mass is 16.3. The van der Waals surface area contributed by atoms with Gasteiger partial charge in [-0.15, -0.1) is 0 Å². The summed E-state index contributed by atoms with van der Waals surface area (Å²) in [6, 6.07) is 35.0. The minimum absolute atomic E-state index is 0.314. The molecule has 4 nitrogen and oxygen atoms in total. The van der Waals surface area contributed by atoms with Crippen LogP contribution in [0.1, 0.15) is 67.3 Å². The van der Waals surface area contributed by atoms with Crippen molar-refractivity contribution in [3.8, 4) is 39.7 Å². The Balaban J connectivity index is 1.54. The first-order valence-corrected chi connectivity index (χ1v) is 16.3. The maximum absolute atomic E-state index is 6.42. The van der Waals surface area contributed by atoms with Gasteiger partial charge < -0.3 is 4.42 Å². The summed E-state index contributed by atoms with van der Waals surface area (Å²) in [6.45, 7) is 15.7. The van der Waals surface area contributed by atoms with E-state index in [-0.39, 0.29) is 0 Å².